The van der Waals surface area contributed by atoms with E-state index in [0.717, 1.165) is 11.6 Å². The predicted molar refractivity (Wildman–Crippen MR) is 110 cm³/mol. The molecular formula is C23H28O8. The zero-order chi connectivity index (χ0) is 22.6. The van der Waals surface area contributed by atoms with Crippen molar-refractivity contribution in [1.82, 2.24) is 0 Å². The van der Waals surface area contributed by atoms with Gasteiger partial charge in [-0.1, -0.05) is 18.7 Å². The minimum absolute atomic E-state index is 0.0961. The Morgan fingerprint density at radius 3 is 2.10 bits per heavy atom. The minimum atomic E-state index is -0.810. The van der Waals surface area contributed by atoms with E-state index in [1.807, 2.05) is 0 Å². The first-order chi connectivity index (χ1) is 14.9. The Hall–Kier alpha value is -3.16. The van der Waals surface area contributed by atoms with Crippen molar-refractivity contribution in [2.24, 2.45) is 11.8 Å². The monoisotopic (exact) mass is 432 g/mol. The third kappa shape index (κ3) is 8.62. The predicted octanol–water partition coefficient (Wildman–Crippen LogP) is 3.08. The maximum Gasteiger partial charge on any atom is 0.330 e. The number of carboxylic acid groups (broad SMARTS) is 1. The smallest absolute Gasteiger partial charge is 0.330 e. The van der Waals surface area contributed by atoms with E-state index in [9.17, 15) is 19.2 Å². The molecule has 1 fully saturated rings. The molecule has 1 aliphatic carbocycles. The average Bonchev–Trinajstić information content (AvgIpc) is 2.77. The van der Waals surface area contributed by atoms with Crippen molar-refractivity contribution in [2.45, 2.75) is 44.9 Å². The Balaban J connectivity index is 1.66. The quantitative estimate of drug-likeness (QED) is 0.245. The van der Waals surface area contributed by atoms with E-state index in [-0.39, 0.29) is 43.4 Å². The Morgan fingerprint density at radius 1 is 0.935 bits per heavy atom. The average molecular weight is 432 g/mol. The highest BCUT2D eigenvalue weighted by Crippen LogP contribution is 2.30. The third-order valence-corrected chi connectivity index (χ3v) is 5.11. The number of rotatable bonds is 11. The first kappa shape index (κ1) is 24.1. The van der Waals surface area contributed by atoms with Gasteiger partial charge >= 0.3 is 23.9 Å². The summed E-state index contributed by atoms with van der Waals surface area (Å²) in [4.78, 5) is 46.0. The van der Waals surface area contributed by atoms with E-state index in [1.54, 1.807) is 24.3 Å². The van der Waals surface area contributed by atoms with Gasteiger partial charge < -0.3 is 19.3 Å². The number of benzene rings is 1. The van der Waals surface area contributed by atoms with Gasteiger partial charge in [0, 0.05) is 6.08 Å². The van der Waals surface area contributed by atoms with E-state index in [1.165, 1.54) is 0 Å². The van der Waals surface area contributed by atoms with Crippen LogP contribution in [0.5, 0.6) is 5.75 Å². The van der Waals surface area contributed by atoms with Crippen molar-refractivity contribution in [3.63, 3.8) is 0 Å². The fraction of sp³-hybridized carbons (Fsp3) is 0.478. The standard InChI is InChI=1S/C23H28O8/c1-2-20(24)29-13-3-4-14-30-21(25)15-16-5-11-19(12-6-16)31-23(28)18-9-7-17(8-10-18)22(26)27/h2,5-6,11-12,17-18H,1,3-4,7-10,13-15H2,(H,26,27). The van der Waals surface area contributed by atoms with Gasteiger partial charge in [-0.15, -0.1) is 0 Å². The summed E-state index contributed by atoms with van der Waals surface area (Å²) in [5.74, 6) is -2.29. The van der Waals surface area contributed by atoms with Crippen molar-refractivity contribution in [1.29, 1.82) is 0 Å². The van der Waals surface area contributed by atoms with Crippen LogP contribution in [0, 0.1) is 11.8 Å². The van der Waals surface area contributed by atoms with Gasteiger partial charge in [-0.3, -0.25) is 14.4 Å². The number of hydrogen-bond acceptors (Lipinski definition) is 7. The Labute approximate surface area is 181 Å². The van der Waals surface area contributed by atoms with E-state index < -0.39 is 11.9 Å². The van der Waals surface area contributed by atoms with Crippen molar-refractivity contribution in [2.75, 3.05) is 13.2 Å². The van der Waals surface area contributed by atoms with Crippen LogP contribution in [-0.4, -0.2) is 42.2 Å². The van der Waals surface area contributed by atoms with Gasteiger partial charge in [0.15, 0.2) is 0 Å². The molecule has 0 aromatic heterocycles. The van der Waals surface area contributed by atoms with Crippen LogP contribution in [0.1, 0.15) is 44.1 Å². The summed E-state index contributed by atoms with van der Waals surface area (Å²) in [6, 6.07) is 6.63. The van der Waals surface area contributed by atoms with Crippen LogP contribution in [0.2, 0.25) is 0 Å². The number of ether oxygens (including phenoxy) is 3. The van der Waals surface area contributed by atoms with E-state index in [0.29, 0.717) is 44.3 Å². The SMILES string of the molecule is C=CC(=O)OCCCCOC(=O)Cc1ccc(OC(=O)C2CCC(C(=O)O)CC2)cc1. The molecule has 0 amide bonds. The molecule has 31 heavy (non-hydrogen) atoms. The second-order valence-corrected chi connectivity index (χ2v) is 7.43. The van der Waals surface area contributed by atoms with Crippen LogP contribution in [0.3, 0.4) is 0 Å². The molecule has 1 aromatic carbocycles. The van der Waals surface area contributed by atoms with Gasteiger partial charge in [-0.05, 0) is 56.2 Å². The second kappa shape index (κ2) is 12.5. The van der Waals surface area contributed by atoms with Crippen molar-refractivity contribution < 1.29 is 38.5 Å². The van der Waals surface area contributed by atoms with Crippen LogP contribution >= 0.6 is 0 Å². The number of carbonyl (C=O) groups is 4. The number of carbonyl (C=O) groups excluding carboxylic acids is 3. The molecule has 1 saturated carbocycles. The summed E-state index contributed by atoms with van der Waals surface area (Å²) >= 11 is 0. The molecule has 0 spiro atoms. The van der Waals surface area contributed by atoms with Crippen molar-refractivity contribution in [3.05, 3.63) is 42.5 Å². The summed E-state index contributed by atoms with van der Waals surface area (Å²) in [7, 11) is 0. The molecule has 168 valence electrons. The van der Waals surface area contributed by atoms with Gasteiger partial charge in [0.1, 0.15) is 5.75 Å². The highest BCUT2D eigenvalue weighted by atomic mass is 16.5. The summed E-state index contributed by atoms with van der Waals surface area (Å²) < 4.78 is 15.4. The number of unbranched alkanes of at least 4 members (excludes halogenated alkanes) is 1. The molecule has 0 unspecified atom stereocenters. The lowest BCUT2D eigenvalue weighted by Crippen LogP contribution is -2.28. The molecule has 0 aliphatic heterocycles. The third-order valence-electron chi connectivity index (χ3n) is 5.11. The van der Waals surface area contributed by atoms with Gasteiger partial charge in [0.05, 0.1) is 31.5 Å². The highest BCUT2D eigenvalue weighted by molar-refractivity contribution is 5.81. The number of hydrogen-bond donors (Lipinski definition) is 1. The normalized spacial score (nSPS) is 17.9. The van der Waals surface area contributed by atoms with E-state index in [4.69, 9.17) is 19.3 Å². The zero-order valence-corrected chi connectivity index (χ0v) is 17.4. The maximum atomic E-state index is 12.3. The Morgan fingerprint density at radius 2 is 1.52 bits per heavy atom. The first-order valence-corrected chi connectivity index (χ1v) is 10.4. The van der Waals surface area contributed by atoms with Crippen molar-refractivity contribution >= 4 is 23.9 Å². The van der Waals surface area contributed by atoms with Gasteiger partial charge in [-0.2, -0.15) is 0 Å². The van der Waals surface area contributed by atoms with Gasteiger partial charge in [-0.25, -0.2) is 4.79 Å². The lowest BCUT2D eigenvalue weighted by molar-refractivity contribution is -0.146. The van der Waals surface area contributed by atoms with Crippen LogP contribution in [0.15, 0.2) is 36.9 Å². The number of carboxylic acids is 1. The molecule has 0 radical (unpaired) electrons. The zero-order valence-electron chi connectivity index (χ0n) is 17.4. The maximum absolute atomic E-state index is 12.3. The molecule has 1 N–H and O–H groups in total. The number of aliphatic carboxylic acids is 1. The molecule has 8 nitrogen and oxygen atoms in total. The lowest BCUT2D eigenvalue weighted by Gasteiger charge is -2.24. The molecule has 0 heterocycles. The second-order valence-electron chi connectivity index (χ2n) is 7.43. The minimum Gasteiger partial charge on any atom is -0.481 e. The molecule has 0 bridgehead atoms. The summed E-state index contributed by atoms with van der Waals surface area (Å²) in [5.41, 5.74) is 0.728. The molecule has 8 heteroatoms. The molecule has 1 aliphatic rings. The van der Waals surface area contributed by atoms with Gasteiger partial charge in [0.2, 0.25) is 0 Å². The molecule has 1 aromatic rings. The molecule has 0 saturated heterocycles. The highest BCUT2D eigenvalue weighted by Gasteiger charge is 2.30. The van der Waals surface area contributed by atoms with Crippen LogP contribution in [0.4, 0.5) is 0 Å². The molecule has 2 rings (SSSR count). The largest absolute Gasteiger partial charge is 0.481 e. The van der Waals surface area contributed by atoms with E-state index in [2.05, 4.69) is 6.58 Å². The number of esters is 3. The first-order valence-electron chi connectivity index (χ1n) is 10.4. The van der Waals surface area contributed by atoms with Crippen LogP contribution in [-0.2, 0) is 35.1 Å². The van der Waals surface area contributed by atoms with Crippen LogP contribution < -0.4 is 4.74 Å². The summed E-state index contributed by atoms with van der Waals surface area (Å²) in [5, 5.41) is 9.03. The molecule has 0 atom stereocenters. The topological polar surface area (TPSA) is 116 Å². The summed E-state index contributed by atoms with van der Waals surface area (Å²) in [6.07, 6.45) is 4.35. The Bertz CT molecular complexity index is 775. The Kier molecular flexibility index (Phi) is 9.74. The molecular weight excluding hydrogens is 404 g/mol. The van der Waals surface area contributed by atoms with Gasteiger partial charge in [0.25, 0.3) is 0 Å². The lowest BCUT2D eigenvalue weighted by atomic mass is 9.82. The van der Waals surface area contributed by atoms with Crippen molar-refractivity contribution in [3.8, 4) is 5.75 Å². The van der Waals surface area contributed by atoms with Crippen LogP contribution in [0.25, 0.3) is 0 Å². The summed E-state index contributed by atoms with van der Waals surface area (Å²) in [6.45, 7) is 3.79. The fourth-order valence-corrected chi connectivity index (χ4v) is 3.29. The fourth-order valence-electron chi connectivity index (χ4n) is 3.29. The van der Waals surface area contributed by atoms with E-state index >= 15 is 0 Å².